The maximum Gasteiger partial charge on any atom is 0.413 e. The van der Waals surface area contributed by atoms with Crippen LogP contribution >= 0.6 is 23.5 Å². The molecule has 128 valence electrons. The quantitative estimate of drug-likeness (QED) is 0.809. The van der Waals surface area contributed by atoms with Crippen molar-refractivity contribution in [1.82, 2.24) is 15.0 Å². The molecule has 0 aliphatic rings. The van der Waals surface area contributed by atoms with Gasteiger partial charge in [0.15, 0.2) is 5.82 Å². The molecule has 0 saturated heterocycles. The monoisotopic (exact) mass is 364 g/mol. The fourth-order valence-electron chi connectivity index (χ4n) is 1.81. The van der Waals surface area contributed by atoms with E-state index in [0.717, 1.165) is 10.5 Å². The number of carbonyl (C=O) groups is 1. The molecule has 1 N–H and O–H groups in total. The summed E-state index contributed by atoms with van der Waals surface area (Å²) in [5.41, 5.74) is 1.02. The van der Waals surface area contributed by atoms with Crippen LogP contribution in [-0.4, -0.2) is 39.2 Å². The molecular weight excluding hydrogens is 344 g/mol. The van der Waals surface area contributed by atoms with Crippen molar-refractivity contribution in [3.8, 4) is 11.3 Å². The summed E-state index contributed by atoms with van der Waals surface area (Å²) >= 11 is 3.02. The molecular formula is C16H20N4O2S2. The lowest BCUT2D eigenvalue weighted by Crippen LogP contribution is -2.27. The van der Waals surface area contributed by atoms with Gasteiger partial charge in [-0.15, -0.1) is 23.5 Å². The largest absolute Gasteiger partial charge is 0.444 e. The maximum absolute atomic E-state index is 11.9. The Morgan fingerprint density at radius 3 is 2.54 bits per heavy atom. The van der Waals surface area contributed by atoms with Gasteiger partial charge in [0.2, 0.25) is 0 Å². The van der Waals surface area contributed by atoms with Crippen molar-refractivity contribution in [3.63, 3.8) is 0 Å². The highest BCUT2D eigenvalue weighted by atomic mass is 32.2. The molecule has 0 bridgehead atoms. The van der Waals surface area contributed by atoms with Crippen LogP contribution in [0.1, 0.15) is 20.8 Å². The van der Waals surface area contributed by atoms with Gasteiger partial charge in [0.1, 0.15) is 10.6 Å². The van der Waals surface area contributed by atoms with Crippen molar-refractivity contribution in [3.05, 3.63) is 24.7 Å². The first-order valence-corrected chi connectivity index (χ1v) is 9.68. The minimum absolute atomic E-state index is 0.384. The van der Waals surface area contributed by atoms with E-state index in [9.17, 15) is 4.79 Å². The van der Waals surface area contributed by atoms with E-state index in [0.29, 0.717) is 16.5 Å². The molecule has 24 heavy (non-hydrogen) atoms. The van der Waals surface area contributed by atoms with Crippen molar-refractivity contribution in [2.24, 2.45) is 0 Å². The van der Waals surface area contributed by atoms with Crippen LogP contribution in [0.5, 0.6) is 0 Å². The molecule has 0 spiro atoms. The summed E-state index contributed by atoms with van der Waals surface area (Å²) in [6.45, 7) is 5.42. The Morgan fingerprint density at radius 1 is 1.17 bits per heavy atom. The minimum atomic E-state index is -0.569. The lowest BCUT2D eigenvalue weighted by Gasteiger charge is -2.19. The first-order chi connectivity index (χ1) is 11.3. The number of aromatic nitrogens is 3. The zero-order valence-corrected chi connectivity index (χ0v) is 15.9. The fourth-order valence-corrected chi connectivity index (χ4v) is 2.71. The highest BCUT2D eigenvalue weighted by Crippen LogP contribution is 2.27. The zero-order chi connectivity index (χ0) is 17.7. The second kappa shape index (κ2) is 7.85. The van der Waals surface area contributed by atoms with Crippen LogP contribution in [0, 0.1) is 0 Å². The summed E-state index contributed by atoms with van der Waals surface area (Å²) < 4.78 is 5.25. The Hall–Kier alpha value is -1.80. The molecule has 0 atom stereocenters. The highest BCUT2D eigenvalue weighted by Gasteiger charge is 2.18. The van der Waals surface area contributed by atoms with Crippen LogP contribution in [0.15, 0.2) is 34.6 Å². The number of anilines is 1. The number of carbonyl (C=O) groups excluding carboxylic acids is 1. The van der Waals surface area contributed by atoms with Gasteiger partial charge in [-0.05, 0) is 39.3 Å². The van der Waals surface area contributed by atoms with Crippen molar-refractivity contribution < 1.29 is 9.53 Å². The van der Waals surface area contributed by atoms with Gasteiger partial charge in [0.05, 0.1) is 11.9 Å². The van der Waals surface area contributed by atoms with Gasteiger partial charge in [-0.1, -0.05) is 0 Å². The fraction of sp³-hybridized carbons (Fsp3) is 0.375. The molecule has 2 rings (SSSR count). The van der Waals surface area contributed by atoms with Crippen LogP contribution in [0.2, 0.25) is 0 Å². The van der Waals surface area contributed by atoms with Gasteiger partial charge < -0.3 is 4.74 Å². The normalized spacial score (nSPS) is 11.2. The molecule has 6 nitrogen and oxygen atoms in total. The van der Waals surface area contributed by atoms with Crippen molar-refractivity contribution in [2.45, 2.75) is 36.3 Å². The average Bonchev–Trinajstić information content (AvgIpc) is 2.53. The number of ether oxygens (including phenoxy) is 1. The lowest BCUT2D eigenvalue weighted by atomic mass is 10.2. The number of nitrogens with zero attached hydrogens (tertiary/aromatic N) is 3. The van der Waals surface area contributed by atoms with Crippen LogP contribution in [0.3, 0.4) is 0 Å². The first-order valence-electron chi connectivity index (χ1n) is 7.23. The van der Waals surface area contributed by atoms with Crippen LogP contribution < -0.4 is 5.32 Å². The van der Waals surface area contributed by atoms with Gasteiger partial charge in [0, 0.05) is 22.9 Å². The van der Waals surface area contributed by atoms with E-state index in [1.165, 1.54) is 11.8 Å². The number of rotatable bonds is 4. The first kappa shape index (κ1) is 18.5. The number of hydrogen-bond donors (Lipinski definition) is 1. The molecule has 0 fully saturated rings. The van der Waals surface area contributed by atoms with Crippen molar-refractivity contribution in [1.29, 1.82) is 0 Å². The van der Waals surface area contributed by atoms with Crippen LogP contribution in [0.25, 0.3) is 11.3 Å². The summed E-state index contributed by atoms with van der Waals surface area (Å²) in [4.78, 5) is 26.1. The summed E-state index contributed by atoms with van der Waals surface area (Å²) in [6.07, 6.45) is 8.49. The van der Waals surface area contributed by atoms with Gasteiger partial charge >= 0.3 is 6.09 Å². The van der Waals surface area contributed by atoms with Crippen LogP contribution in [0.4, 0.5) is 10.6 Å². The Bertz CT molecular complexity index is 732. The third-order valence-corrected chi connectivity index (χ3v) is 4.16. The SMILES string of the molecule is CSc1cncc(-c2cnc(NC(=O)OC(C)(C)C)c(SC)n2)c1. The second-order valence-electron chi connectivity index (χ2n) is 5.85. The molecule has 0 aliphatic carbocycles. The predicted molar refractivity (Wildman–Crippen MR) is 98.7 cm³/mol. The van der Waals surface area contributed by atoms with E-state index in [1.54, 1.807) is 30.4 Å². The average molecular weight is 364 g/mol. The van der Waals surface area contributed by atoms with Gasteiger partial charge in [-0.25, -0.2) is 14.8 Å². The number of thioether (sulfide) groups is 2. The van der Waals surface area contributed by atoms with Gasteiger partial charge in [-0.2, -0.15) is 0 Å². The number of pyridine rings is 1. The molecule has 2 heterocycles. The predicted octanol–water partition coefficient (Wildman–Crippen LogP) is 4.33. The number of nitrogens with one attached hydrogen (secondary N) is 1. The molecule has 8 heteroatoms. The summed E-state index contributed by atoms with van der Waals surface area (Å²) in [7, 11) is 0. The van der Waals surface area contributed by atoms with Gasteiger partial charge in [0.25, 0.3) is 0 Å². The third-order valence-electron chi connectivity index (χ3n) is 2.80. The Balaban J connectivity index is 2.25. The molecule has 0 radical (unpaired) electrons. The molecule has 1 amide bonds. The Kier molecular flexibility index (Phi) is 6.06. The molecule has 2 aromatic heterocycles. The Morgan fingerprint density at radius 2 is 1.92 bits per heavy atom. The second-order valence-corrected chi connectivity index (χ2v) is 7.53. The maximum atomic E-state index is 11.9. The van der Waals surface area contributed by atoms with Gasteiger partial charge in [-0.3, -0.25) is 10.3 Å². The van der Waals surface area contributed by atoms with E-state index >= 15 is 0 Å². The van der Waals surface area contributed by atoms with Crippen molar-refractivity contribution in [2.75, 3.05) is 17.8 Å². The molecule has 0 unspecified atom stereocenters. The molecule has 0 saturated carbocycles. The highest BCUT2D eigenvalue weighted by molar-refractivity contribution is 7.98. The zero-order valence-electron chi connectivity index (χ0n) is 14.3. The van der Waals surface area contributed by atoms with Crippen LogP contribution in [-0.2, 0) is 4.74 Å². The third kappa shape index (κ3) is 5.10. The van der Waals surface area contributed by atoms with E-state index in [2.05, 4.69) is 20.3 Å². The van der Waals surface area contributed by atoms with E-state index in [4.69, 9.17) is 4.74 Å². The number of amides is 1. The lowest BCUT2D eigenvalue weighted by molar-refractivity contribution is 0.0634. The number of hydrogen-bond acceptors (Lipinski definition) is 7. The molecule has 2 aromatic rings. The standard InChI is InChI=1S/C16H20N4O2S2/c1-16(2,3)22-15(21)20-13-14(24-5)19-12(9-18-13)10-6-11(23-4)8-17-7-10/h6-9H,1-5H3,(H,18,20,21). The van der Waals surface area contributed by atoms with E-state index in [-0.39, 0.29) is 0 Å². The van der Waals surface area contributed by atoms with Crippen molar-refractivity contribution >= 4 is 35.4 Å². The minimum Gasteiger partial charge on any atom is -0.444 e. The summed E-state index contributed by atoms with van der Waals surface area (Å²) in [5.74, 6) is 0.384. The summed E-state index contributed by atoms with van der Waals surface area (Å²) in [5, 5.41) is 3.26. The smallest absolute Gasteiger partial charge is 0.413 e. The summed E-state index contributed by atoms with van der Waals surface area (Å²) in [6, 6.07) is 2.01. The Labute approximate surface area is 150 Å². The molecule has 0 aromatic carbocycles. The molecule has 0 aliphatic heterocycles. The van der Waals surface area contributed by atoms with E-state index in [1.807, 2.05) is 39.3 Å². The van der Waals surface area contributed by atoms with E-state index < -0.39 is 11.7 Å². The topological polar surface area (TPSA) is 77.0 Å².